The van der Waals surface area contributed by atoms with Crippen LogP contribution in [0, 0.1) is 11.8 Å². The standard InChI is InChI=1S/C12H12O3/c1-3-6-9(2)15-11-8-5-4-7-10(11)12(13)14/h4-5,7-9H,1-2H3,(H,13,14). The van der Waals surface area contributed by atoms with Crippen LogP contribution >= 0.6 is 0 Å². The van der Waals surface area contributed by atoms with Crippen LogP contribution in [0.25, 0.3) is 0 Å². The third kappa shape index (κ3) is 3.03. The lowest BCUT2D eigenvalue weighted by Gasteiger charge is -2.10. The Morgan fingerprint density at radius 3 is 2.73 bits per heavy atom. The Labute approximate surface area is 88.7 Å². The Hall–Kier alpha value is -1.95. The van der Waals surface area contributed by atoms with Crippen molar-refractivity contribution in [1.82, 2.24) is 0 Å². The Morgan fingerprint density at radius 2 is 2.13 bits per heavy atom. The summed E-state index contributed by atoms with van der Waals surface area (Å²) < 4.78 is 5.39. The smallest absolute Gasteiger partial charge is 0.339 e. The molecule has 3 nitrogen and oxygen atoms in total. The van der Waals surface area contributed by atoms with E-state index in [1.54, 1.807) is 32.0 Å². The third-order valence-corrected chi connectivity index (χ3v) is 1.77. The minimum Gasteiger partial charge on any atom is -0.478 e. The topological polar surface area (TPSA) is 46.5 Å². The number of hydrogen-bond acceptors (Lipinski definition) is 2. The number of carboxylic acid groups (broad SMARTS) is 1. The molecule has 0 aliphatic carbocycles. The van der Waals surface area contributed by atoms with Crippen molar-refractivity contribution < 1.29 is 14.6 Å². The quantitative estimate of drug-likeness (QED) is 0.767. The number of carboxylic acids is 1. The van der Waals surface area contributed by atoms with Crippen molar-refractivity contribution in [2.45, 2.75) is 20.0 Å². The molecule has 0 saturated heterocycles. The lowest BCUT2D eigenvalue weighted by Crippen LogP contribution is -2.11. The van der Waals surface area contributed by atoms with Crippen LogP contribution < -0.4 is 4.74 Å². The molecule has 0 amide bonds. The molecule has 0 radical (unpaired) electrons. The van der Waals surface area contributed by atoms with Gasteiger partial charge in [0, 0.05) is 0 Å². The minimum absolute atomic E-state index is 0.155. The van der Waals surface area contributed by atoms with E-state index in [9.17, 15) is 4.79 Å². The zero-order valence-corrected chi connectivity index (χ0v) is 8.65. The maximum absolute atomic E-state index is 10.8. The SMILES string of the molecule is CC#CC(C)Oc1ccccc1C(=O)O. The molecule has 15 heavy (non-hydrogen) atoms. The highest BCUT2D eigenvalue weighted by Gasteiger charge is 2.11. The second-order valence-electron chi connectivity index (χ2n) is 2.96. The molecule has 0 saturated carbocycles. The first-order valence-corrected chi connectivity index (χ1v) is 4.56. The summed E-state index contributed by atoms with van der Waals surface area (Å²) in [5, 5.41) is 8.89. The predicted octanol–water partition coefficient (Wildman–Crippen LogP) is 2.18. The van der Waals surface area contributed by atoms with E-state index in [0.717, 1.165) is 0 Å². The van der Waals surface area contributed by atoms with Gasteiger partial charge in [0.2, 0.25) is 0 Å². The van der Waals surface area contributed by atoms with Crippen molar-refractivity contribution in [2.24, 2.45) is 0 Å². The van der Waals surface area contributed by atoms with Crippen molar-refractivity contribution in [1.29, 1.82) is 0 Å². The van der Waals surface area contributed by atoms with Crippen LogP contribution in [0.5, 0.6) is 5.75 Å². The van der Waals surface area contributed by atoms with E-state index in [1.165, 1.54) is 6.07 Å². The largest absolute Gasteiger partial charge is 0.478 e. The van der Waals surface area contributed by atoms with Crippen LogP contribution in [0.1, 0.15) is 24.2 Å². The number of carbonyl (C=O) groups is 1. The summed E-state index contributed by atoms with van der Waals surface area (Å²) >= 11 is 0. The van der Waals surface area contributed by atoms with Crippen LogP contribution in [0.2, 0.25) is 0 Å². The zero-order valence-electron chi connectivity index (χ0n) is 8.65. The number of para-hydroxylation sites is 1. The second-order valence-corrected chi connectivity index (χ2v) is 2.96. The fraction of sp³-hybridized carbons (Fsp3) is 0.250. The van der Waals surface area contributed by atoms with Crippen LogP contribution in [0.3, 0.4) is 0 Å². The average Bonchev–Trinajstić information content (AvgIpc) is 2.18. The van der Waals surface area contributed by atoms with Crippen LogP contribution in [-0.2, 0) is 0 Å². The average molecular weight is 204 g/mol. The zero-order chi connectivity index (χ0) is 11.3. The van der Waals surface area contributed by atoms with E-state index in [-0.39, 0.29) is 11.7 Å². The fourth-order valence-electron chi connectivity index (χ4n) is 1.17. The normalized spacial score (nSPS) is 11.1. The molecule has 1 aromatic carbocycles. The first-order valence-electron chi connectivity index (χ1n) is 4.56. The fourth-order valence-corrected chi connectivity index (χ4v) is 1.17. The molecule has 78 valence electrons. The number of aromatic carboxylic acids is 1. The van der Waals surface area contributed by atoms with Crippen LogP contribution in [0.4, 0.5) is 0 Å². The molecule has 1 aromatic rings. The third-order valence-electron chi connectivity index (χ3n) is 1.77. The lowest BCUT2D eigenvalue weighted by atomic mass is 10.2. The molecule has 0 aliphatic heterocycles. The van der Waals surface area contributed by atoms with Crippen molar-refractivity contribution in [2.75, 3.05) is 0 Å². The number of rotatable bonds is 3. The molecule has 0 aliphatic rings. The number of hydrogen-bond donors (Lipinski definition) is 1. The molecule has 1 rings (SSSR count). The summed E-state index contributed by atoms with van der Waals surface area (Å²) in [6.07, 6.45) is -0.310. The van der Waals surface area contributed by atoms with Crippen molar-refractivity contribution in [3.8, 4) is 17.6 Å². The summed E-state index contributed by atoms with van der Waals surface area (Å²) in [4.78, 5) is 10.8. The summed E-state index contributed by atoms with van der Waals surface area (Å²) in [5.74, 6) is 4.86. The Morgan fingerprint density at radius 1 is 1.47 bits per heavy atom. The van der Waals surface area contributed by atoms with E-state index >= 15 is 0 Å². The van der Waals surface area contributed by atoms with E-state index in [4.69, 9.17) is 9.84 Å². The predicted molar refractivity (Wildman–Crippen MR) is 56.9 cm³/mol. The second kappa shape index (κ2) is 5.06. The van der Waals surface area contributed by atoms with Gasteiger partial charge >= 0.3 is 5.97 Å². The van der Waals surface area contributed by atoms with Gasteiger partial charge in [0.1, 0.15) is 11.3 Å². The number of benzene rings is 1. The molecular formula is C12H12O3. The highest BCUT2D eigenvalue weighted by molar-refractivity contribution is 5.90. The lowest BCUT2D eigenvalue weighted by molar-refractivity contribution is 0.0691. The summed E-state index contributed by atoms with van der Waals surface area (Å²) in [7, 11) is 0. The molecular weight excluding hydrogens is 192 g/mol. The summed E-state index contributed by atoms with van der Waals surface area (Å²) in [6.45, 7) is 3.48. The van der Waals surface area contributed by atoms with Gasteiger partial charge in [-0.2, -0.15) is 0 Å². The first-order chi connectivity index (χ1) is 7.15. The highest BCUT2D eigenvalue weighted by Crippen LogP contribution is 2.18. The van der Waals surface area contributed by atoms with E-state index in [2.05, 4.69) is 11.8 Å². The summed E-state index contributed by atoms with van der Waals surface area (Å²) in [5.41, 5.74) is 0.155. The van der Waals surface area contributed by atoms with Crippen LogP contribution in [0.15, 0.2) is 24.3 Å². The molecule has 3 heteroatoms. The summed E-state index contributed by atoms with van der Waals surface area (Å²) in [6, 6.07) is 6.52. The molecule has 1 unspecified atom stereocenters. The van der Waals surface area contributed by atoms with E-state index in [0.29, 0.717) is 5.75 Å². The van der Waals surface area contributed by atoms with Gasteiger partial charge in [0.05, 0.1) is 0 Å². The van der Waals surface area contributed by atoms with Crippen LogP contribution in [-0.4, -0.2) is 17.2 Å². The molecule has 1 N–H and O–H groups in total. The Bertz CT molecular complexity index is 412. The molecule has 0 spiro atoms. The first kappa shape index (κ1) is 11.1. The van der Waals surface area contributed by atoms with Gasteiger partial charge in [-0.15, -0.1) is 5.92 Å². The van der Waals surface area contributed by atoms with Gasteiger partial charge in [-0.05, 0) is 26.0 Å². The van der Waals surface area contributed by atoms with E-state index in [1.807, 2.05) is 0 Å². The minimum atomic E-state index is -0.998. The molecule has 0 heterocycles. The Balaban J connectivity index is 2.92. The molecule has 0 aromatic heterocycles. The van der Waals surface area contributed by atoms with E-state index < -0.39 is 5.97 Å². The molecule has 1 atom stereocenters. The molecule has 0 bridgehead atoms. The van der Waals surface area contributed by atoms with Gasteiger partial charge < -0.3 is 9.84 Å². The van der Waals surface area contributed by atoms with Gasteiger partial charge in [0.15, 0.2) is 6.10 Å². The van der Waals surface area contributed by atoms with Crippen molar-refractivity contribution in [3.63, 3.8) is 0 Å². The van der Waals surface area contributed by atoms with Crippen molar-refractivity contribution >= 4 is 5.97 Å². The maximum Gasteiger partial charge on any atom is 0.339 e. The van der Waals surface area contributed by atoms with Crippen molar-refractivity contribution in [3.05, 3.63) is 29.8 Å². The number of ether oxygens (including phenoxy) is 1. The van der Waals surface area contributed by atoms with Gasteiger partial charge in [-0.3, -0.25) is 0 Å². The van der Waals surface area contributed by atoms with Gasteiger partial charge in [0.25, 0.3) is 0 Å². The monoisotopic (exact) mass is 204 g/mol. The molecule has 0 fully saturated rings. The maximum atomic E-state index is 10.8. The Kier molecular flexibility index (Phi) is 3.75. The highest BCUT2D eigenvalue weighted by atomic mass is 16.5. The van der Waals surface area contributed by atoms with Gasteiger partial charge in [-0.1, -0.05) is 18.1 Å². The van der Waals surface area contributed by atoms with Gasteiger partial charge in [-0.25, -0.2) is 4.79 Å².